The maximum absolute atomic E-state index is 12.5. The van der Waals surface area contributed by atoms with E-state index in [0.29, 0.717) is 35.9 Å². The number of amides is 1. The number of hydrogen-bond acceptors (Lipinski definition) is 5. The van der Waals surface area contributed by atoms with Gasteiger partial charge in [-0.2, -0.15) is 0 Å². The van der Waals surface area contributed by atoms with Gasteiger partial charge in [0.2, 0.25) is 0 Å². The third kappa shape index (κ3) is 4.56. The van der Waals surface area contributed by atoms with E-state index in [1.165, 1.54) is 17.0 Å². The first-order valence-corrected chi connectivity index (χ1v) is 10.3. The van der Waals surface area contributed by atoms with E-state index in [1.807, 2.05) is 30.3 Å². The Morgan fingerprint density at radius 3 is 2.71 bits per heavy atom. The van der Waals surface area contributed by atoms with Gasteiger partial charge in [-0.05, 0) is 30.0 Å². The maximum atomic E-state index is 12.5. The van der Waals surface area contributed by atoms with Crippen LogP contribution in [0.1, 0.15) is 12.8 Å². The lowest BCUT2D eigenvalue weighted by atomic mass is 9.98. The predicted molar refractivity (Wildman–Crippen MR) is 115 cm³/mol. The number of hydrogen-bond donors (Lipinski definition) is 1. The summed E-state index contributed by atoms with van der Waals surface area (Å²) in [6.07, 6.45) is 1.19. The fraction of sp³-hybridized carbons (Fsp3) is 0.261. The van der Waals surface area contributed by atoms with Crippen molar-refractivity contribution in [3.8, 4) is 16.9 Å². The molecule has 0 spiro atoms. The molecule has 1 amide bonds. The van der Waals surface area contributed by atoms with Gasteiger partial charge < -0.3 is 19.2 Å². The Morgan fingerprint density at radius 2 is 1.97 bits per heavy atom. The molecule has 1 atom stereocenters. The van der Waals surface area contributed by atoms with E-state index in [0.717, 1.165) is 5.56 Å². The fourth-order valence-corrected chi connectivity index (χ4v) is 3.98. The van der Waals surface area contributed by atoms with Gasteiger partial charge in [-0.15, -0.1) is 0 Å². The number of ether oxygens (including phenoxy) is 1. The molecule has 4 rings (SSSR count). The van der Waals surface area contributed by atoms with Crippen molar-refractivity contribution in [3.05, 3.63) is 64.0 Å². The van der Waals surface area contributed by atoms with Crippen LogP contribution in [-0.2, 0) is 9.59 Å². The number of halogens is 1. The third-order valence-corrected chi connectivity index (χ3v) is 5.65. The Hall–Kier alpha value is -3.32. The largest absolute Gasteiger partial charge is 0.482 e. The Morgan fingerprint density at radius 1 is 1.19 bits per heavy atom. The Balaban J connectivity index is 1.56. The summed E-state index contributed by atoms with van der Waals surface area (Å²) >= 11 is 6.39. The Labute approximate surface area is 182 Å². The van der Waals surface area contributed by atoms with Gasteiger partial charge in [0.1, 0.15) is 11.3 Å². The second-order valence-electron chi connectivity index (χ2n) is 7.43. The average Bonchev–Trinajstić information content (AvgIpc) is 2.78. The van der Waals surface area contributed by atoms with Crippen LogP contribution < -0.4 is 10.4 Å². The zero-order valence-electron chi connectivity index (χ0n) is 16.5. The van der Waals surface area contributed by atoms with Gasteiger partial charge >= 0.3 is 11.6 Å². The van der Waals surface area contributed by atoms with E-state index in [2.05, 4.69) is 0 Å². The van der Waals surface area contributed by atoms with Crippen LogP contribution in [0.3, 0.4) is 0 Å². The molecule has 7 nitrogen and oxygen atoms in total. The predicted octanol–water partition coefficient (Wildman–Crippen LogP) is 3.82. The quantitative estimate of drug-likeness (QED) is 0.604. The number of nitrogens with zero attached hydrogens (tertiary/aromatic N) is 1. The first-order chi connectivity index (χ1) is 14.9. The van der Waals surface area contributed by atoms with Crippen LogP contribution in [-0.4, -0.2) is 41.6 Å². The molecule has 0 aliphatic carbocycles. The number of benzene rings is 2. The molecule has 31 heavy (non-hydrogen) atoms. The second-order valence-corrected chi connectivity index (χ2v) is 7.84. The summed E-state index contributed by atoms with van der Waals surface area (Å²) in [5.41, 5.74) is 1.31. The van der Waals surface area contributed by atoms with Gasteiger partial charge in [-0.3, -0.25) is 9.59 Å². The summed E-state index contributed by atoms with van der Waals surface area (Å²) in [6, 6.07) is 13.9. The van der Waals surface area contributed by atoms with E-state index in [4.69, 9.17) is 20.8 Å². The molecule has 0 saturated carbocycles. The molecular formula is C23H20ClNO6. The molecule has 0 bridgehead atoms. The van der Waals surface area contributed by atoms with Gasteiger partial charge in [0, 0.05) is 30.6 Å². The van der Waals surface area contributed by atoms with Gasteiger partial charge in [0.25, 0.3) is 5.91 Å². The molecule has 1 aliphatic rings. The van der Waals surface area contributed by atoms with Crippen molar-refractivity contribution in [1.82, 2.24) is 4.90 Å². The summed E-state index contributed by atoms with van der Waals surface area (Å²) in [4.78, 5) is 37.3. The van der Waals surface area contributed by atoms with Crippen LogP contribution in [0.2, 0.25) is 5.02 Å². The Bertz CT molecular complexity index is 1190. The summed E-state index contributed by atoms with van der Waals surface area (Å²) in [5, 5.41) is 10.1. The van der Waals surface area contributed by atoms with Crippen LogP contribution in [0.25, 0.3) is 22.1 Å². The zero-order chi connectivity index (χ0) is 22.0. The van der Waals surface area contributed by atoms with Crippen LogP contribution in [0, 0.1) is 5.92 Å². The number of piperidine rings is 1. The van der Waals surface area contributed by atoms with E-state index in [9.17, 15) is 19.5 Å². The first-order valence-electron chi connectivity index (χ1n) is 9.88. The van der Waals surface area contributed by atoms with Gasteiger partial charge in [-0.25, -0.2) is 4.79 Å². The number of rotatable bonds is 5. The SMILES string of the molecule is O=C(O)[C@H]1CCCN(C(=O)COc2cc3oc(=O)cc(-c4ccccc4)c3cc2Cl)C1. The van der Waals surface area contributed by atoms with E-state index >= 15 is 0 Å². The van der Waals surface area contributed by atoms with E-state index < -0.39 is 17.5 Å². The molecule has 2 aromatic carbocycles. The summed E-state index contributed by atoms with van der Waals surface area (Å²) in [6.45, 7) is 0.366. The molecule has 1 aliphatic heterocycles. The van der Waals surface area contributed by atoms with Crippen molar-refractivity contribution in [1.29, 1.82) is 0 Å². The number of carbonyl (C=O) groups excluding carboxylic acids is 1. The minimum Gasteiger partial charge on any atom is -0.482 e. The molecule has 1 saturated heterocycles. The highest BCUT2D eigenvalue weighted by Crippen LogP contribution is 2.34. The van der Waals surface area contributed by atoms with Crippen molar-refractivity contribution in [2.45, 2.75) is 12.8 Å². The molecule has 2 heterocycles. The minimum absolute atomic E-state index is 0.165. The van der Waals surface area contributed by atoms with Crippen LogP contribution in [0.5, 0.6) is 5.75 Å². The van der Waals surface area contributed by atoms with Gasteiger partial charge in [-0.1, -0.05) is 41.9 Å². The number of aliphatic carboxylic acids is 1. The first kappa shape index (κ1) is 20.9. The molecular weight excluding hydrogens is 422 g/mol. The molecule has 1 N–H and O–H groups in total. The minimum atomic E-state index is -0.903. The third-order valence-electron chi connectivity index (χ3n) is 5.36. The highest BCUT2D eigenvalue weighted by Gasteiger charge is 2.28. The molecule has 8 heteroatoms. The van der Waals surface area contributed by atoms with Crippen LogP contribution in [0.4, 0.5) is 0 Å². The summed E-state index contributed by atoms with van der Waals surface area (Å²) in [5.74, 6) is -1.57. The van der Waals surface area contributed by atoms with Crippen molar-refractivity contribution in [3.63, 3.8) is 0 Å². The lowest BCUT2D eigenvalue weighted by Crippen LogP contribution is -2.44. The number of carbonyl (C=O) groups is 2. The van der Waals surface area contributed by atoms with Crippen LogP contribution >= 0.6 is 11.6 Å². The standard InChI is InChI=1S/C23H20ClNO6/c24-18-9-17-16(14-5-2-1-3-6-14)10-22(27)31-19(17)11-20(18)30-13-21(26)25-8-4-7-15(12-25)23(28)29/h1-3,5-6,9-11,15H,4,7-8,12-13H2,(H,28,29)/t15-/m0/s1. The zero-order valence-corrected chi connectivity index (χ0v) is 17.3. The van der Waals surface area contributed by atoms with Crippen molar-refractivity contribution in [2.75, 3.05) is 19.7 Å². The van der Waals surface area contributed by atoms with E-state index in [-0.39, 0.29) is 29.8 Å². The number of carboxylic acid groups (broad SMARTS) is 1. The lowest BCUT2D eigenvalue weighted by molar-refractivity contribution is -0.146. The number of fused-ring (bicyclic) bond motifs is 1. The normalized spacial score (nSPS) is 16.3. The number of likely N-dealkylation sites (tertiary alicyclic amines) is 1. The molecule has 3 aromatic rings. The van der Waals surface area contributed by atoms with E-state index in [1.54, 1.807) is 6.07 Å². The highest BCUT2D eigenvalue weighted by atomic mass is 35.5. The molecule has 0 radical (unpaired) electrons. The van der Waals surface area contributed by atoms with Gasteiger partial charge in [0.15, 0.2) is 6.61 Å². The van der Waals surface area contributed by atoms with Crippen LogP contribution in [0.15, 0.2) is 57.7 Å². The topological polar surface area (TPSA) is 97.1 Å². The van der Waals surface area contributed by atoms with Crippen molar-refractivity contribution in [2.24, 2.45) is 5.92 Å². The molecule has 1 fully saturated rings. The molecule has 0 unspecified atom stereocenters. The average molecular weight is 442 g/mol. The van der Waals surface area contributed by atoms with Gasteiger partial charge in [0.05, 0.1) is 10.9 Å². The fourth-order valence-electron chi connectivity index (χ4n) is 3.77. The summed E-state index contributed by atoms with van der Waals surface area (Å²) in [7, 11) is 0. The maximum Gasteiger partial charge on any atom is 0.336 e. The highest BCUT2D eigenvalue weighted by molar-refractivity contribution is 6.33. The lowest BCUT2D eigenvalue weighted by Gasteiger charge is -2.30. The van der Waals surface area contributed by atoms with Crippen molar-refractivity contribution < 1.29 is 23.8 Å². The Kier molecular flexibility index (Phi) is 5.95. The number of carboxylic acids is 1. The second kappa shape index (κ2) is 8.81. The molecule has 1 aromatic heterocycles. The van der Waals surface area contributed by atoms with Crippen molar-refractivity contribution >= 4 is 34.4 Å². The monoisotopic (exact) mass is 441 g/mol. The summed E-state index contributed by atoms with van der Waals surface area (Å²) < 4.78 is 10.9. The molecule has 160 valence electrons. The smallest absolute Gasteiger partial charge is 0.336 e.